The highest BCUT2D eigenvalue weighted by atomic mass is 32.1. The molecule has 3 rings (SSSR count). The number of thiophene rings is 1. The summed E-state index contributed by atoms with van der Waals surface area (Å²) >= 11 is 1.54. The molecule has 106 valence electrons. The highest BCUT2D eigenvalue weighted by Crippen LogP contribution is 2.25. The van der Waals surface area contributed by atoms with Crippen LogP contribution in [0.15, 0.2) is 39.6 Å². The zero-order valence-electron chi connectivity index (χ0n) is 11.2. The summed E-state index contributed by atoms with van der Waals surface area (Å²) in [6.45, 7) is 2.72. The number of amides is 1. The summed E-state index contributed by atoms with van der Waals surface area (Å²) in [6.07, 6.45) is 4.13. The van der Waals surface area contributed by atoms with Crippen molar-refractivity contribution in [2.45, 2.75) is 18.9 Å². The molecule has 2 aromatic rings. The van der Waals surface area contributed by atoms with E-state index < -0.39 is 0 Å². The van der Waals surface area contributed by atoms with E-state index in [1.165, 1.54) is 24.2 Å². The normalized spacial score (nSPS) is 17.2. The Balaban J connectivity index is 1.66. The first-order chi connectivity index (χ1) is 9.84. The fraction of sp³-hybridized carbons (Fsp3) is 0.400. The van der Waals surface area contributed by atoms with Crippen LogP contribution < -0.4 is 5.32 Å². The predicted molar refractivity (Wildman–Crippen MR) is 78.9 cm³/mol. The van der Waals surface area contributed by atoms with Crippen molar-refractivity contribution in [2.24, 2.45) is 0 Å². The number of nitrogens with one attached hydrogen (secondary N) is 1. The molecular weight excluding hydrogens is 272 g/mol. The van der Waals surface area contributed by atoms with Gasteiger partial charge in [0.05, 0.1) is 12.3 Å². The van der Waals surface area contributed by atoms with Crippen molar-refractivity contribution in [3.05, 3.63) is 46.5 Å². The molecule has 3 heterocycles. The average Bonchev–Trinajstić information content (AvgIpc) is 3.22. The van der Waals surface area contributed by atoms with Gasteiger partial charge in [0.2, 0.25) is 0 Å². The van der Waals surface area contributed by atoms with Crippen LogP contribution in [-0.2, 0) is 0 Å². The third kappa shape index (κ3) is 2.94. The van der Waals surface area contributed by atoms with Crippen molar-refractivity contribution in [2.75, 3.05) is 19.6 Å². The predicted octanol–water partition coefficient (Wildman–Crippen LogP) is 2.91. The molecule has 0 unspecified atom stereocenters. The van der Waals surface area contributed by atoms with Crippen molar-refractivity contribution >= 4 is 17.2 Å². The molecule has 1 saturated heterocycles. The summed E-state index contributed by atoms with van der Waals surface area (Å²) in [7, 11) is 0. The lowest BCUT2D eigenvalue weighted by Gasteiger charge is -2.25. The Morgan fingerprint density at radius 3 is 2.90 bits per heavy atom. The molecule has 20 heavy (non-hydrogen) atoms. The maximum atomic E-state index is 12.0. The number of nitrogens with zero attached hydrogens (tertiary/aromatic N) is 1. The van der Waals surface area contributed by atoms with Crippen molar-refractivity contribution in [1.29, 1.82) is 0 Å². The third-order valence-electron chi connectivity index (χ3n) is 3.69. The second-order valence-corrected chi connectivity index (χ2v) is 5.78. The topological polar surface area (TPSA) is 45.5 Å². The van der Waals surface area contributed by atoms with Gasteiger partial charge in [0.25, 0.3) is 5.91 Å². The number of hydrogen-bond acceptors (Lipinski definition) is 4. The molecule has 1 atom stereocenters. The van der Waals surface area contributed by atoms with Gasteiger partial charge in [-0.25, -0.2) is 0 Å². The minimum atomic E-state index is -0.0120. The van der Waals surface area contributed by atoms with E-state index in [0.29, 0.717) is 6.54 Å². The summed E-state index contributed by atoms with van der Waals surface area (Å²) in [5.41, 5.74) is 0.731. The van der Waals surface area contributed by atoms with Crippen LogP contribution in [0.4, 0.5) is 0 Å². The highest BCUT2D eigenvalue weighted by molar-refractivity contribution is 7.08. The van der Waals surface area contributed by atoms with Gasteiger partial charge in [0.15, 0.2) is 0 Å². The van der Waals surface area contributed by atoms with E-state index in [0.717, 1.165) is 24.4 Å². The summed E-state index contributed by atoms with van der Waals surface area (Å²) in [5, 5.41) is 6.80. The van der Waals surface area contributed by atoms with Gasteiger partial charge in [-0.05, 0) is 49.5 Å². The van der Waals surface area contributed by atoms with Gasteiger partial charge >= 0.3 is 0 Å². The second-order valence-electron chi connectivity index (χ2n) is 5.00. The van der Waals surface area contributed by atoms with E-state index in [9.17, 15) is 4.79 Å². The van der Waals surface area contributed by atoms with E-state index in [-0.39, 0.29) is 11.9 Å². The van der Waals surface area contributed by atoms with Crippen LogP contribution in [0.1, 0.15) is 35.0 Å². The molecule has 1 amide bonds. The molecule has 0 aliphatic carbocycles. The monoisotopic (exact) mass is 290 g/mol. The van der Waals surface area contributed by atoms with Gasteiger partial charge in [-0.3, -0.25) is 9.69 Å². The minimum Gasteiger partial charge on any atom is -0.468 e. The lowest BCUT2D eigenvalue weighted by atomic mass is 10.2. The molecule has 0 aromatic carbocycles. The number of rotatable bonds is 5. The first kappa shape index (κ1) is 13.4. The van der Waals surface area contributed by atoms with E-state index in [2.05, 4.69) is 10.2 Å². The van der Waals surface area contributed by atoms with Crippen molar-refractivity contribution in [1.82, 2.24) is 10.2 Å². The van der Waals surface area contributed by atoms with Crippen LogP contribution in [0.2, 0.25) is 0 Å². The molecule has 1 fully saturated rings. The maximum absolute atomic E-state index is 12.0. The SMILES string of the molecule is O=C(NC[C@@H](c1ccco1)N1CCCC1)c1ccsc1. The van der Waals surface area contributed by atoms with Gasteiger partial charge in [0.1, 0.15) is 5.76 Å². The second kappa shape index (κ2) is 6.24. The molecule has 1 N–H and O–H groups in total. The Hall–Kier alpha value is -1.59. The Morgan fingerprint density at radius 1 is 1.40 bits per heavy atom. The van der Waals surface area contributed by atoms with Gasteiger partial charge in [0, 0.05) is 17.5 Å². The first-order valence-electron chi connectivity index (χ1n) is 6.92. The Bertz CT molecular complexity index is 530. The smallest absolute Gasteiger partial charge is 0.252 e. The van der Waals surface area contributed by atoms with Gasteiger partial charge in [-0.2, -0.15) is 11.3 Å². The lowest BCUT2D eigenvalue weighted by Crippen LogP contribution is -2.36. The standard InChI is InChI=1S/C15H18N2O2S/c18-15(12-5-9-20-11-12)16-10-13(14-4-3-8-19-14)17-6-1-2-7-17/h3-5,8-9,11,13H,1-2,6-7,10H2,(H,16,18)/t13-/m0/s1. The Labute approximate surface area is 122 Å². The minimum absolute atomic E-state index is 0.0120. The average molecular weight is 290 g/mol. The molecule has 0 radical (unpaired) electrons. The molecule has 1 aliphatic rings. The maximum Gasteiger partial charge on any atom is 0.252 e. The van der Waals surface area contributed by atoms with Crippen LogP contribution >= 0.6 is 11.3 Å². The fourth-order valence-electron chi connectivity index (χ4n) is 2.63. The van der Waals surface area contributed by atoms with E-state index in [4.69, 9.17) is 4.42 Å². The Kier molecular flexibility index (Phi) is 4.18. The number of carbonyl (C=O) groups is 1. The summed E-state index contributed by atoms with van der Waals surface area (Å²) in [4.78, 5) is 14.4. The summed E-state index contributed by atoms with van der Waals surface area (Å²) < 4.78 is 5.54. The zero-order valence-corrected chi connectivity index (χ0v) is 12.1. The summed E-state index contributed by atoms with van der Waals surface area (Å²) in [5.74, 6) is 0.916. The van der Waals surface area contributed by atoms with E-state index in [1.54, 1.807) is 6.26 Å². The quantitative estimate of drug-likeness (QED) is 0.921. The Morgan fingerprint density at radius 2 is 2.25 bits per heavy atom. The first-order valence-corrected chi connectivity index (χ1v) is 7.87. The lowest BCUT2D eigenvalue weighted by molar-refractivity contribution is 0.0934. The molecule has 0 spiro atoms. The van der Waals surface area contributed by atoms with Crippen LogP contribution in [-0.4, -0.2) is 30.4 Å². The molecule has 2 aromatic heterocycles. The largest absolute Gasteiger partial charge is 0.468 e. The molecular formula is C15H18N2O2S. The molecule has 1 aliphatic heterocycles. The fourth-order valence-corrected chi connectivity index (χ4v) is 3.26. The molecule has 4 nitrogen and oxygen atoms in total. The van der Waals surface area contributed by atoms with E-state index in [1.807, 2.05) is 29.0 Å². The number of furan rings is 1. The van der Waals surface area contributed by atoms with Gasteiger partial charge < -0.3 is 9.73 Å². The number of hydrogen-bond donors (Lipinski definition) is 1. The number of carbonyl (C=O) groups excluding carboxylic acids is 1. The number of likely N-dealkylation sites (tertiary alicyclic amines) is 1. The van der Waals surface area contributed by atoms with Crippen molar-refractivity contribution in [3.63, 3.8) is 0 Å². The van der Waals surface area contributed by atoms with Crippen LogP contribution in [0.25, 0.3) is 0 Å². The van der Waals surface area contributed by atoms with E-state index >= 15 is 0 Å². The van der Waals surface area contributed by atoms with Crippen molar-refractivity contribution < 1.29 is 9.21 Å². The zero-order chi connectivity index (χ0) is 13.8. The van der Waals surface area contributed by atoms with Gasteiger partial charge in [-0.1, -0.05) is 0 Å². The molecule has 5 heteroatoms. The van der Waals surface area contributed by atoms with Crippen LogP contribution in [0.3, 0.4) is 0 Å². The third-order valence-corrected chi connectivity index (χ3v) is 4.38. The van der Waals surface area contributed by atoms with Crippen molar-refractivity contribution in [3.8, 4) is 0 Å². The summed E-state index contributed by atoms with van der Waals surface area (Å²) in [6, 6.07) is 5.87. The van der Waals surface area contributed by atoms with Crippen LogP contribution in [0, 0.1) is 0 Å². The highest BCUT2D eigenvalue weighted by Gasteiger charge is 2.26. The molecule has 0 bridgehead atoms. The van der Waals surface area contributed by atoms with Crippen LogP contribution in [0.5, 0.6) is 0 Å². The molecule has 0 saturated carbocycles. The van der Waals surface area contributed by atoms with Gasteiger partial charge in [-0.15, -0.1) is 0 Å².